The molecule has 4 aromatic carbocycles. The lowest BCUT2D eigenvalue weighted by molar-refractivity contribution is -0.211. The van der Waals surface area contributed by atoms with Gasteiger partial charge in [0, 0.05) is 6.42 Å². The molecule has 0 aliphatic rings. The molecule has 4 N–H and O–H groups in total. The van der Waals surface area contributed by atoms with Gasteiger partial charge in [0.1, 0.15) is 0 Å². The molecule has 0 aliphatic heterocycles. The molecule has 7 nitrogen and oxygen atoms in total. The Kier molecular flexibility index (Phi) is 11.0. The van der Waals surface area contributed by atoms with Gasteiger partial charge < -0.3 is 15.3 Å². The second-order valence-electron chi connectivity index (χ2n) is 7.87. The first-order valence-electron chi connectivity index (χ1n) is 11.0. The van der Waals surface area contributed by atoms with Gasteiger partial charge >= 0.3 is 12.1 Å². The number of aromatic carboxylic acids is 1. The van der Waals surface area contributed by atoms with Crippen LogP contribution in [0, 0.1) is 0 Å². The van der Waals surface area contributed by atoms with E-state index in [1.165, 1.54) is 12.1 Å². The fraction of sp³-hybridized carbons (Fsp3) is 0.148. The van der Waals surface area contributed by atoms with E-state index in [2.05, 4.69) is 0 Å². The van der Waals surface area contributed by atoms with Crippen LogP contribution in [0.25, 0.3) is 10.8 Å². The Morgan fingerprint density at radius 1 is 0.763 bits per heavy atom. The van der Waals surface area contributed by atoms with Crippen LogP contribution in [0.1, 0.15) is 28.4 Å². The molecule has 2 atom stereocenters. The standard InChI is InChI=1S/C14H13F3O2.C7H6O2.C6H6O3S/c15-14(16,17)13(19)8-12(18)11-6-5-9-3-1-2-4-10(9)7-11;8-7(9)6-4-2-1-3-5-6;7-10(8,9)6-4-2-1-3-5-6/h1-7,12-13,18-19H,8H2;1-5H,(H,8,9);1-5H,(H,7,8,9). The van der Waals surface area contributed by atoms with Crippen molar-refractivity contribution in [3.05, 3.63) is 114 Å². The minimum Gasteiger partial charge on any atom is -0.478 e. The third-order valence-electron chi connectivity index (χ3n) is 5.04. The van der Waals surface area contributed by atoms with Crippen molar-refractivity contribution in [3.8, 4) is 0 Å². The number of halogens is 3. The number of carboxylic acid groups (broad SMARTS) is 1. The molecule has 0 radical (unpaired) electrons. The van der Waals surface area contributed by atoms with Crippen molar-refractivity contribution >= 4 is 26.9 Å². The summed E-state index contributed by atoms with van der Waals surface area (Å²) in [7, 11) is -4.00. The number of aliphatic hydroxyl groups excluding tert-OH is 2. The van der Waals surface area contributed by atoms with Crippen molar-refractivity contribution in [2.75, 3.05) is 0 Å². The van der Waals surface area contributed by atoms with Crippen LogP contribution in [-0.4, -0.2) is 46.5 Å². The van der Waals surface area contributed by atoms with Crippen LogP contribution in [0.2, 0.25) is 0 Å². The SMILES string of the molecule is O=C(O)c1ccccc1.O=S(=O)(O)c1ccccc1.OC(CC(O)C(F)(F)F)c1ccc2ccccc2c1. The number of rotatable bonds is 5. The van der Waals surface area contributed by atoms with Gasteiger partial charge in [0.05, 0.1) is 16.6 Å². The molecular weight excluding hydrogens is 525 g/mol. The Hall–Kier alpha value is -3.77. The third kappa shape index (κ3) is 9.94. The number of hydrogen-bond acceptors (Lipinski definition) is 5. The highest BCUT2D eigenvalue weighted by Crippen LogP contribution is 2.29. The summed E-state index contributed by atoms with van der Waals surface area (Å²) in [6, 6.07) is 28.0. The van der Waals surface area contributed by atoms with Gasteiger partial charge in [-0.2, -0.15) is 21.6 Å². The first-order valence-corrected chi connectivity index (χ1v) is 12.5. The van der Waals surface area contributed by atoms with E-state index >= 15 is 0 Å². The number of carboxylic acids is 1. The van der Waals surface area contributed by atoms with E-state index in [0.717, 1.165) is 10.8 Å². The Bertz CT molecular complexity index is 1410. The Balaban J connectivity index is 0.000000224. The Morgan fingerprint density at radius 2 is 1.26 bits per heavy atom. The number of aliphatic hydroxyl groups is 2. The molecule has 0 aromatic heterocycles. The maximum absolute atomic E-state index is 12.2. The maximum atomic E-state index is 12.2. The first kappa shape index (κ1) is 30.5. The maximum Gasteiger partial charge on any atom is 0.414 e. The van der Waals surface area contributed by atoms with Crippen molar-refractivity contribution in [2.24, 2.45) is 0 Å². The lowest BCUT2D eigenvalue weighted by Crippen LogP contribution is -2.30. The lowest BCUT2D eigenvalue weighted by atomic mass is 10.00. The van der Waals surface area contributed by atoms with E-state index < -0.39 is 40.9 Å². The van der Waals surface area contributed by atoms with Crippen LogP contribution in [0.3, 0.4) is 0 Å². The Morgan fingerprint density at radius 3 is 1.71 bits per heavy atom. The Labute approximate surface area is 217 Å². The van der Waals surface area contributed by atoms with Gasteiger partial charge in [0.2, 0.25) is 0 Å². The molecule has 0 amide bonds. The highest BCUT2D eigenvalue weighted by atomic mass is 32.2. The zero-order chi connectivity index (χ0) is 28.3. The van der Waals surface area contributed by atoms with Crippen LogP contribution in [0.5, 0.6) is 0 Å². The van der Waals surface area contributed by atoms with E-state index in [9.17, 15) is 31.5 Å². The van der Waals surface area contributed by atoms with Gasteiger partial charge in [0.15, 0.2) is 6.10 Å². The topological polar surface area (TPSA) is 132 Å². The molecule has 202 valence electrons. The molecule has 0 fully saturated rings. The van der Waals surface area contributed by atoms with Gasteiger partial charge in [-0.05, 0) is 46.7 Å². The smallest absolute Gasteiger partial charge is 0.414 e. The van der Waals surface area contributed by atoms with E-state index in [4.69, 9.17) is 14.8 Å². The number of benzene rings is 4. The minimum absolute atomic E-state index is 0.0741. The van der Waals surface area contributed by atoms with E-state index in [0.29, 0.717) is 11.1 Å². The number of alkyl halides is 3. The molecule has 0 heterocycles. The highest BCUT2D eigenvalue weighted by molar-refractivity contribution is 7.85. The largest absolute Gasteiger partial charge is 0.478 e. The number of hydrogen-bond donors (Lipinski definition) is 4. The van der Waals surface area contributed by atoms with E-state index in [-0.39, 0.29) is 4.90 Å². The van der Waals surface area contributed by atoms with Crippen LogP contribution >= 0.6 is 0 Å². The van der Waals surface area contributed by atoms with Crippen LogP contribution in [0.4, 0.5) is 13.2 Å². The van der Waals surface area contributed by atoms with Crippen molar-refractivity contribution in [1.29, 1.82) is 0 Å². The van der Waals surface area contributed by atoms with Gasteiger partial charge in [-0.3, -0.25) is 4.55 Å². The van der Waals surface area contributed by atoms with Crippen molar-refractivity contribution < 1.29 is 46.3 Å². The monoisotopic (exact) mass is 550 g/mol. The second kappa shape index (κ2) is 13.7. The van der Waals surface area contributed by atoms with Gasteiger partial charge in [0.25, 0.3) is 10.1 Å². The van der Waals surface area contributed by atoms with Crippen LogP contribution < -0.4 is 0 Å². The summed E-state index contributed by atoms with van der Waals surface area (Å²) in [5, 5.41) is 28.9. The molecule has 2 unspecified atom stereocenters. The fourth-order valence-corrected chi connectivity index (χ4v) is 3.57. The van der Waals surface area contributed by atoms with Gasteiger partial charge in [-0.25, -0.2) is 4.79 Å². The molecule has 0 bridgehead atoms. The lowest BCUT2D eigenvalue weighted by Gasteiger charge is -2.18. The summed E-state index contributed by atoms with van der Waals surface area (Å²) in [6.07, 6.45) is -9.34. The molecule has 0 aliphatic carbocycles. The molecule has 0 saturated carbocycles. The van der Waals surface area contributed by atoms with Gasteiger partial charge in [-0.1, -0.05) is 72.8 Å². The molecule has 0 saturated heterocycles. The summed E-state index contributed by atoms with van der Waals surface area (Å²) in [4.78, 5) is 10.1. The third-order valence-corrected chi connectivity index (χ3v) is 5.91. The van der Waals surface area contributed by atoms with Crippen molar-refractivity contribution in [1.82, 2.24) is 0 Å². The molecular formula is C27H25F3O7S. The molecule has 38 heavy (non-hydrogen) atoms. The average molecular weight is 551 g/mol. The normalized spacial score (nSPS) is 12.8. The summed E-state index contributed by atoms with van der Waals surface area (Å²) in [5.74, 6) is -0.879. The second-order valence-corrected chi connectivity index (χ2v) is 9.30. The zero-order valence-corrected chi connectivity index (χ0v) is 20.5. The molecule has 4 rings (SSSR count). The predicted octanol–water partition coefficient (Wildman–Crippen LogP) is 5.50. The zero-order valence-electron chi connectivity index (χ0n) is 19.7. The minimum atomic E-state index is -4.71. The fourth-order valence-electron chi connectivity index (χ4n) is 3.07. The van der Waals surface area contributed by atoms with E-state index in [1.807, 2.05) is 24.3 Å². The first-order chi connectivity index (χ1) is 17.8. The summed E-state index contributed by atoms with van der Waals surface area (Å²) >= 11 is 0. The number of fused-ring (bicyclic) bond motifs is 1. The quantitative estimate of drug-likeness (QED) is 0.241. The summed E-state index contributed by atoms with van der Waals surface area (Å²) in [6.45, 7) is 0. The molecule has 11 heteroatoms. The predicted molar refractivity (Wildman–Crippen MR) is 135 cm³/mol. The number of carbonyl (C=O) groups is 1. The molecule has 0 spiro atoms. The van der Waals surface area contributed by atoms with Crippen LogP contribution in [0.15, 0.2) is 108 Å². The average Bonchev–Trinajstić information content (AvgIpc) is 2.89. The summed E-state index contributed by atoms with van der Waals surface area (Å²) in [5.41, 5.74) is 0.694. The van der Waals surface area contributed by atoms with Crippen molar-refractivity contribution in [3.63, 3.8) is 0 Å². The van der Waals surface area contributed by atoms with Crippen molar-refractivity contribution in [2.45, 2.75) is 29.7 Å². The van der Waals surface area contributed by atoms with Gasteiger partial charge in [-0.15, -0.1) is 0 Å². The molecule has 4 aromatic rings. The van der Waals surface area contributed by atoms with E-state index in [1.54, 1.807) is 66.7 Å². The highest BCUT2D eigenvalue weighted by Gasteiger charge is 2.39. The summed E-state index contributed by atoms with van der Waals surface area (Å²) < 4.78 is 65.9. The van der Waals surface area contributed by atoms with Crippen LogP contribution in [-0.2, 0) is 10.1 Å².